The molecule has 0 unspecified atom stereocenters. The second-order valence-corrected chi connectivity index (χ2v) is 11.5. The van der Waals surface area contributed by atoms with Gasteiger partial charge in [-0.25, -0.2) is 0 Å². The molecule has 6 atom stereocenters. The first-order chi connectivity index (χ1) is 22.9. The van der Waals surface area contributed by atoms with Crippen LogP contribution in [0.1, 0.15) is 19.8 Å². The molecule has 4 aromatic rings. The molecule has 1 aliphatic rings. The zero-order valence-electron chi connectivity index (χ0n) is 26.7. The third-order valence-electron chi connectivity index (χ3n) is 8.05. The Balaban J connectivity index is 0.00000541. The molecule has 0 saturated carbocycles. The quantitative estimate of drug-likeness (QED) is 0.0414. The molecule has 0 spiro atoms. The van der Waals surface area contributed by atoms with Crippen LogP contribution in [0.3, 0.4) is 0 Å². The summed E-state index contributed by atoms with van der Waals surface area (Å²) in [6.07, 6.45) is -5.93. The summed E-state index contributed by atoms with van der Waals surface area (Å²) in [6, 6.07) is 16.3. The molecule has 254 valence electrons. The van der Waals surface area contributed by atoms with Crippen molar-refractivity contribution < 1.29 is 74.2 Å². The Morgan fingerprint density at radius 1 is 1.08 bits per heavy atom. The van der Waals surface area contributed by atoms with Gasteiger partial charge in [0, 0.05) is 32.0 Å². The van der Waals surface area contributed by atoms with Gasteiger partial charge in [-0.3, -0.25) is 19.1 Å². The van der Waals surface area contributed by atoms with Crippen LogP contribution in [0.25, 0.3) is 22.4 Å². The molecular weight excluding hydrogens is 653 g/mol. The Bertz CT molecular complexity index is 1810. The van der Waals surface area contributed by atoms with E-state index >= 15 is 0 Å². The zero-order chi connectivity index (χ0) is 34.6. The molecule has 2 heterocycles. The Labute approximate surface area is 301 Å². The van der Waals surface area contributed by atoms with Gasteiger partial charge in [-0.1, -0.05) is 59.8 Å². The number of ether oxygens (including phenoxy) is 2. The first kappa shape index (κ1) is 37.8. The van der Waals surface area contributed by atoms with Crippen LogP contribution in [0, 0.1) is 0 Å². The average molecular weight is 688 g/mol. The third kappa shape index (κ3) is 8.42. The van der Waals surface area contributed by atoms with Gasteiger partial charge < -0.3 is 50.4 Å². The maximum absolute atomic E-state index is 12.3. The van der Waals surface area contributed by atoms with E-state index in [0.29, 0.717) is 5.69 Å². The summed E-state index contributed by atoms with van der Waals surface area (Å²) in [6.45, 7) is 0.548. The van der Waals surface area contributed by atoms with E-state index in [2.05, 4.69) is 20.9 Å². The number of carbonyl (C=O) groups is 2. The number of carboxylic acid groups (broad SMARTS) is 1. The predicted molar refractivity (Wildman–Crippen MR) is 166 cm³/mol. The molecule has 0 bridgehead atoms. The number of hydrogen-bond acceptors (Lipinski definition) is 14. The summed E-state index contributed by atoms with van der Waals surface area (Å²) in [5.41, 5.74) is 0.969. The molecule has 1 aliphatic heterocycles. The van der Waals surface area contributed by atoms with Crippen molar-refractivity contribution in [1.82, 2.24) is 20.3 Å². The predicted octanol–water partition coefficient (Wildman–Crippen LogP) is -4.74. The van der Waals surface area contributed by atoms with Gasteiger partial charge in [0.2, 0.25) is 11.7 Å². The van der Waals surface area contributed by atoms with Crippen molar-refractivity contribution in [2.24, 2.45) is 0 Å². The van der Waals surface area contributed by atoms with Crippen LogP contribution >= 0.6 is 0 Å². The van der Waals surface area contributed by atoms with Crippen LogP contribution in [0.2, 0.25) is 0 Å². The summed E-state index contributed by atoms with van der Waals surface area (Å²) >= 11 is 0. The minimum absolute atomic E-state index is 0. The fourth-order valence-electron chi connectivity index (χ4n) is 5.50. The number of aromatic hydroxyl groups is 1. The maximum Gasteiger partial charge on any atom is 1.00 e. The molecular formula is C32H34N5NaO11. The van der Waals surface area contributed by atoms with E-state index < -0.39 is 83.4 Å². The number of aliphatic carboxylic acids is 1. The van der Waals surface area contributed by atoms with Crippen LogP contribution in [-0.2, 0) is 25.6 Å². The van der Waals surface area contributed by atoms with Gasteiger partial charge in [-0.2, -0.15) is 0 Å². The van der Waals surface area contributed by atoms with Crippen molar-refractivity contribution in [3.05, 3.63) is 81.2 Å². The van der Waals surface area contributed by atoms with Crippen LogP contribution in [0.15, 0.2) is 70.4 Å². The van der Waals surface area contributed by atoms with Crippen molar-refractivity contribution in [2.75, 3.05) is 18.5 Å². The first-order valence-electron chi connectivity index (χ1n) is 15.1. The molecule has 0 aliphatic carbocycles. The van der Waals surface area contributed by atoms with E-state index in [1.54, 1.807) is 10.9 Å². The second-order valence-electron chi connectivity index (χ2n) is 11.5. The van der Waals surface area contributed by atoms with E-state index in [1.807, 2.05) is 54.6 Å². The number of aliphatic hydroxyl groups excluding tert-OH is 3. The molecule has 16 nitrogen and oxygen atoms in total. The number of carbonyl (C=O) groups excluding carboxylic acids is 2. The monoisotopic (exact) mass is 687 g/mol. The number of hydrogen-bond donors (Lipinski definition) is 6. The van der Waals surface area contributed by atoms with Crippen LogP contribution in [-0.4, -0.2) is 96.7 Å². The SMILES string of the molecule is CC(=O)N[C@H]1[C@H]([C@H](O)[C@H](O)CNc2c(O)c(=O)c2=O)O[C@@](OCCCn2cc(-c3ccc(-c4ccccc4)cc3)nn2)(C(=O)[O-])C[C@@H]1O.[Na+]. The third-order valence-corrected chi connectivity index (χ3v) is 8.05. The van der Waals surface area contributed by atoms with Crippen LogP contribution < -0.4 is 56.2 Å². The topological polar surface area (TPSA) is 245 Å². The molecule has 5 rings (SSSR count). The molecule has 17 heteroatoms. The number of aliphatic hydroxyl groups is 3. The summed E-state index contributed by atoms with van der Waals surface area (Å²) in [5.74, 6) is -5.95. The Kier molecular flexibility index (Phi) is 12.5. The molecule has 49 heavy (non-hydrogen) atoms. The standard InChI is InChI=1S/C32H35N5O11.Na/c1-17(38)34-24-22(39)14-32(31(45)46,48-30(24)26(41)23(40)15-33-25-27(42)29(44)28(25)43)47-13-5-12-37-16-21(35-36-37)20-10-8-19(9-11-20)18-6-3-2-4-7-18;/h2-4,6-11,16,22-24,26,30,33,39-42H,5,12-15H2,1H3,(H,34,38)(H,45,46);/q;+1/p-1/t22-,23+,24+,26+,30+,32+;/m0./s1. The van der Waals surface area contributed by atoms with Gasteiger partial charge in [-0.05, 0) is 17.5 Å². The molecule has 1 amide bonds. The maximum atomic E-state index is 12.3. The van der Waals surface area contributed by atoms with Crippen molar-refractivity contribution in [3.63, 3.8) is 0 Å². The largest absolute Gasteiger partial charge is 1.00 e. The normalized spacial score (nSPS) is 21.8. The number of anilines is 1. The fraction of sp³-hybridized carbons (Fsp3) is 0.375. The molecule has 1 saturated heterocycles. The fourth-order valence-corrected chi connectivity index (χ4v) is 5.50. The molecule has 1 aromatic heterocycles. The van der Waals surface area contributed by atoms with Gasteiger partial charge >= 0.3 is 29.6 Å². The molecule has 6 N–H and O–H groups in total. The number of benzene rings is 2. The minimum atomic E-state index is -2.58. The number of nitrogens with zero attached hydrogens (tertiary/aromatic N) is 3. The van der Waals surface area contributed by atoms with Gasteiger partial charge in [0.25, 0.3) is 10.9 Å². The van der Waals surface area contributed by atoms with Crippen molar-refractivity contribution in [2.45, 2.75) is 62.6 Å². The zero-order valence-corrected chi connectivity index (χ0v) is 28.7. The Morgan fingerprint density at radius 2 is 1.73 bits per heavy atom. The van der Waals surface area contributed by atoms with Crippen molar-refractivity contribution >= 4 is 17.6 Å². The van der Waals surface area contributed by atoms with Gasteiger partial charge in [0.05, 0.1) is 31.1 Å². The number of aromatic nitrogens is 3. The average Bonchev–Trinajstić information content (AvgIpc) is 3.56. The molecule has 1 fully saturated rings. The summed E-state index contributed by atoms with van der Waals surface area (Å²) in [5, 5.41) is 67.3. The number of rotatable bonds is 14. The molecule has 0 radical (unpaired) electrons. The molecule has 3 aromatic carbocycles. The first-order valence-corrected chi connectivity index (χ1v) is 15.1. The summed E-state index contributed by atoms with van der Waals surface area (Å²) in [7, 11) is 0. The van der Waals surface area contributed by atoms with Crippen molar-refractivity contribution in [1.29, 1.82) is 0 Å². The number of nitrogens with one attached hydrogen (secondary N) is 2. The smallest absolute Gasteiger partial charge is 0.544 e. The van der Waals surface area contributed by atoms with Gasteiger partial charge in [0.1, 0.15) is 29.6 Å². The second kappa shape index (κ2) is 16.1. The summed E-state index contributed by atoms with van der Waals surface area (Å²) in [4.78, 5) is 47.0. The van der Waals surface area contributed by atoms with E-state index in [-0.39, 0.29) is 49.1 Å². The number of amides is 1. The number of carboxylic acids is 1. The van der Waals surface area contributed by atoms with E-state index in [0.717, 1.165) is 23.6 Å². The van der Waals surface area contributed by atoms with E-state index in [4.69, 9.17) is 9.47 Å². The van der Waals surface area contributed by atoms with Crippen molar-refractivity contribution in [3.8, 4) is 28.1 Å². The Hall–Kier alpha value is -4.00. The van der Waals surface area contributed by atoms with Gasteiger partial charge in [0.15, 0.2) is 5.75 Å². The van der Waals surface area contributed by atoms with E-state index in [1.165, 1.54) is 0 Å². The Morgan fingerprint density at radius 3 is 2.37 bits per heavy atom. The number of aryl methyl sites for hydroxylation is 1. The van der Waals surface area contributed by atoms with Gasteiger partial charge in [-0.15, -0.1) is 5.10 Å². The van der Waals surface area contributed by atoms with E-state index in [9.17, 15) is 44.7 Å². The minimum Gasteiger partial charge on any atom is -0.544 e. The summed E-state index contributed by atoms with van der Waals surface area (Å²) < 4.78 is 12.8. The van der Waals surface area contributed by atoms with Crippen LogP contribution in [0.4, 0.5) is 5.69 Å². The van der Waals surface area contributed by atoms with Crippen LogP contribution in [0.5, 0.6) is 5.75 Å².